The van der Waals surface area contributed by atoms with Gasteiger partial charge in [0.15, 0.2) is 6.10 Å². The van der Waals surface area contributed by atoms with E-state index in [1.807, 2.05) is 55.5 Å². The van der Waals surface area contributed by atoms with Crippen LogP contribution in [0.1, 0.15) is 11.1 Å². The van der Waals surface area contributed by atoms with Gasteiger partial charge < -0.3 is 14.5 Å². The largest absolute Gasteiger partial charge is 0.480 e. The average Bonchev–Trinajstić information content (AvgIpc) is 3.06. The van der Waals surface area contributed by atoms with Crippen LogP contribution in [0.15, 0.2) is 48.5 Å². The van der Waals surface area contributed by atoms with Gasteiger partial charge in [0, 0.05) is 25.2 Å². The number of benzene rings is 2. The van der Waals surface area contributed by atoms with Gasteiger partial charge in [0.1, 0.15) is 12.3 Å². The quantitative estimate of drug-likeness (QED) is 0.845. The molecular formula is C20H20N2O3. The highest BCUT2D eigenvalue weighted by molar-refractivity contribution is 5.99. The second kappa shape index (κ2) is 6.24. The number of carbonyl (C=O) groups excluding carboxylic acids is 2. The molecule has 2 amide bonds. The molecule has 0 bridgehead atoms. The van der Waals surface area contributed by atoms with Crippen LogP contribution >= 0.6 is 0 Å². The van der Waals surface area contributed by atoms with E-state index in [1.54, 1.807) is 9.80 Å². The van der Waals surface area contributed by atoms with Gasteiger partial charge in [0.2, 0.25) is 5.91 Å². The van der Waals surface area contributed by atoms with Gasteiger partial charge in [-0.2, -0.15) is 0 Å². The van der Waals surface area contributed by atoms with Crippen LogP contribution in [-0.4, -0.2) is 42.5 Å². The van der Waals surface area contributed by atoms with Crippen molar-refractivity contribution in [3.63, 3.8) is 0 Å². The van der Waals surface area contributed by atoms with Gasteiger partial charge in [-0.3, -0.25) is 9.59 Å². The van der Waals surface area contributed by atoms with E-state index in [2.05, 4.69) is 0 Å². The van der Waals surface area contributed by atoms with E-state index in [4.69, 9.17) is 4.74 Å². The van der Waals surface area contributed by atoms with E-state index in [0.29, 0.717) is 19.5 Å². The second-order valence-corrected chi connectivity index (χ2v) is 6.51. The van der Waals surface area contributed by atoms with E-state index < -0.39 is 6.10 Å². The molecule has 2 aliphatic heterocycles. The summed E-state index contributed by atoms with van der Waals surface area (Å²) < 4.78 is 5.77. The predicted molar refractivity (Wildman–Crippen MR) is 94.7 cm³/mol. The number of aryl methyl sites for hydroxylation is 1. The Morgan fingerprint density at radius 2 is 1.84 bits per heavy atom. The van der Waals surface area contributed by atoms with E-state index in [-0.39, 0.29) is 18.4 Å². The molecule has 2 aromatic rings. The van der Waals surface area contributed by atoms with E-state index in [1.165, 1.54) is 0 Å². The van der Waals surface area contributed by atoms with E-state index in [0.717, 1.165) is 22.6 Å². The molecule has 4 rings (SSSR count). The number of rotatable bonds is 2. The number of fused-ring (bicyclic) bond motifs is 1. The molecule has 0 aromatic heterocycles. The lowest BCUT2D eigenvalue weighted by atomic mass is 10.1. The van der Waals surface area contributed by atoms with Crippen LogP contribution in [0.25, 0.3) is 0 Å². The fourth-order valence-corrected chi connectivity index (χ4v) is 3.51. The smallest absolute Gasteiger partial charge is 0.264 e. The van der Waals surface area contributed by atoms with Gasteiger partial charge >= 0.3 is 0 Å². The first-order chi connectivity index (χ1) is 12.1. The number of ether oxygens (including phenoxy) is 1. The lowest BCUT2D eigenvalue weighted by Crippen LogP contribution is -2.55. The molecule has 0 saturated carbocycles. The Morgan fingerprint density at radius 3 is 2.60 bits per heavy atom. The third kappa shape index (κ3) is 2.86. The van der Waals surface area contributed by atoms with Crippen molar-refractivity contribution in [2.45, 2.75) is 19.4 Å². The molecule has 0 spiro atoms. The molecular weight excluding hydrogens is 316 g/mol. The highest BCUT2D eigenvalue weighted by atomic mass is 16.5. The third-order valence-corrected chi connectivity index (χ3v) is 4.86. The van der Waals surface area contributed by atoms with Gasteiger partial charge in [0.25, 0.3) is 5.91 Å². The van der Waals surface area contributed by atoms with Crippen molar-refractivity contribution >= 4 is 17.5 Å². The molecule has 0 unspecified atom stereocenters. The molecule has 2 aliphatic rings. The number of hydrogen-bond donors (Lipinski definition) is 0. The molecule has 0 radical (unpaired) electrons. The average molecular weight is 336 g/mol. The zero-order chi connectivity index (χ0) is 17.4. The Kier molecular flexibility index (Phi) is 3.92. The van der Waals surface area contributed by atoms with Gasteiger partial charge in [-0.15, -0.1) is 0 Å². The lowest BCUT2D eigenvalue weighted by Gasteiger charge is -2.35. The Labute approximate surface area is 146 Å². The van der Waals surface area contributed by atoms with E-state index in [9.17, 15) is 9.59 Å². The number of para-hydroxylation sites is 2. The van der Waals surface area contributed by atoms with Crippen molar-refractivity contribution in [1.29, 1.82) is 0 Å². The first-order valence-electron chi connectivity index (χ1n) is 8.53. The molecule has 2 heterocycles. The van der Waals surface area contributed by atoms with Crippen molar-refractivity contribution in [3.05, 3.63) is 59.7 Å². The third-order valence-electron chi connectivity index (χ3n) is 4.86. The van der Waals surface area contributed by atoms with Crippen LogP contribution in [-0.2, 0) is 16.0 Å². The molecule has 128 valence electrons. The Bertz CT molecular complexity index is 808. The summed E-state index contributed by atoms with van der Waals surface area (Å²) >= 11 is 0. The maximum absolute atomic E-state index is 12.8. The highest BCUT2D eigenvalue weighted by Crippen LogP contribution is 2.29. The zero-order valence-electron chi connectivity index (χ0n) is 14.1. The summed E-state index contributed by atoms with van der Waals surface area (Å²) in [6.45, 7) is 3.12. The van der Waals surface area contributed by atoms with Crippen LogP contribution < -0.4 is 9.64 Å². The fraction of sp³-hybridized carbons (Fsp3) is 0.300. The predicted octanol–water partition coefficient (Wildman–Crippen LogP) is 2.17. The van der Waals surface area contributed by atoms with E-state index >= 15 is 0 Å². The summed E-state index contributed by atoms with van der Waals surface area (Å²) in [7, 11) is 0. The molecule has 0 N–H and O–H groups in total. The van der Waals surface area contributed by atoms with Crippen LogP contribution in [0.4, 0.5) is 5.69 Å². The van der Waals surface area contributed by atoms with Crippen LogP contribution in [0.2, 0.25) is 0 Å². The number of amides is 2. The highest BCUT2D eigenvalue weighted by Gasteiger charge is 2.36. The van der Waals surface area contributed by atoms with Gasteiger partial charge in [-0.1, -0.05) is 36.4 Å². The standard InChI is InChI=1S/C20H20N2O3/c1-14-6-2-4-8-16(14)22-11-10-21(13-19(22)23)20(24)18-12-15-7-3-5-9-17(15)25-18/h2-9,18H,10-13H2,1H3/t18-/m1/s1. The van der Waals surface area contributed by atoms with Crippen molar-refractivity contribution in [2.24, 2.45) is 0 Å². The minimum absolute atomic E-state index is 0.0515. The zero-order valence-corrected chi connectivity index (χ0v) is 14.1. The molecule has 1 atom stereocenters. The summed E-state index contributed by atoms with van der Waals surface area (Å²) in [6.07, 6.45) is 0.0523. The fourth-order valence-electron chi connectivity index (χ4n) is 3.51. The molecule has 1 saturated heterocycles. The Balaban J connectivity index is 1.44. The summed E-state index contributed by atoms with van der Waals surface area (Å²) in [5, 5.41) is 0. The van der Waals surface area contributed by atoms with Gasteiger partial charge in [0.05, 0.1) is 0 Å². The summed E-state index contributed by atoms with van der Waals surface area (Å²) in [6, 6.07) is 15.5. The summed E-state index contributed by atoms with van der Waals surface area (Å²) in [5.41, 5.74) is 3.03. The Hall–Kier alpha value is -2.82. The Morgan fingerprint density at radius 1 is 1.08 bits per heavy atom. The number of nitrogens with zero attached hydrogens (tertiary/aromatic N) is 2. The molecule has 0 aliphatic carbocycles. The van der Waals surface area contributed by atoms with Crippen molar-refractivity contribution in [1.82, 2.24) is 4.90 Å². The molecule has 1 fully saturated rings. The number of hydrogen-bond acceptors (Lipinski definition) is 3. The first-order valence-corrected chi connectivity index (χ1v) is 8.53. The molecule has 5 nitrogen and oxygen atoms in total. The monoisotopic (exact) mass is 336 g/mol. The minimum atomic E-state index is -0.518. The SMILES string of the molecule is Cc1ccccc1N1CCN(C(=O)[C@H]2Cc3ccccc3O2)CC1=O. The second-order valence-electron chi connectivity index (χ2n) is 6.51. The molecule has 5 heteroatoms. The van der Waals surface area contributed by atoms with Gasteiger partial charge in [-0.05, 0) is 30.2 Å². The van der Waals surface area contributed by atoms with Crippen LogP contribution in [0.3, 0.4) is 0 Å². The first kappa shape index (κ1) is 15.7. The number of anilines is 1. The van der Waals surface area contributed by atoms with Crippen molar-refractivity contribution < 1.29 is 14.3 Å². The lowest BCUT2D eigenvalue weighted by molar-refractivity contribution is -0.142. The van der Waals surface area contributed by atoms with Gasteiger partial charge in [-0.25, -0.2) is 0 Å². The normalized spacial score (nSPS) is 19.6. The van der Waals surface area contributed by atoms with Crippen LogP contribution in [0.5, 0.6) is 5.75 Å². The van der Waals surface area contributed by atoms with Crippen LogP contribution in [0, 0.1) is 6.92 Å². The topological polar surface area (TPSA) is 49.9 Å². The number of carbonyl (C=O) groups is 2. The van der Waals surface area contributed by atoms with Crippen molar-refractivity contribution in [3.8, 4) is 5.75 Å². The molecule has 25 heavy (non-hydrogen) atoms. The maximum atomic E-state index is 12.8. The van der Waals surface area contributed by atoms with Crippen molar-refractivity contribution in [2.75, 3.05) is 24.5 Å². The maximum Gasteiger partial charge on any atom is 0.264 e. The number of piperazine rings is 1. The molecule has 2 aromatic carbocycles. The summed E-state index contributed by atoms with van der Waals surface area (Å²) in [4.78, 5) is 28.7. The minimum Gasteiger partial charge on any atom is -0.480 e. The summed E-state index contributed by atoms with van der Waals surface area (Å²) in [5.74, 6) is 0.615.